The molecule has 2 aromatic carbocycles. The molecule has 2 aromatic rings. The molecule has 0 fully saturated rings. The van der Waals surface area contributed by atoms with Crippen molar-refractivity contribution in [3.63, 3.8) is 0 Å². The second kappa shape index (κ2) is 8.59. The number of hydrogen-bond donors (Lipinski definition) is 1. The maximum atomic E-state index is 12.0. The van der Waals surface area contributed by atoms with E-state index < -0.39 is 6.10 Å². The Hall–Kier alpha value is -2.00. The fourth-order valence-electron chi connectivity index (χ4n) is 2.29. The zero-order valence-corrected chi connectivity index (χ0v) is 14.3. The lowest BCUT2D eigenvalue weighted by Crippen LogP contribution is -2.36. The predicted octanol–water partition coefficient (Wildman–Crippen LogP) is 4.16. The van der Waals surface area contributed by atoms with E-state index in [1.807, 2.05) is 0 Å². The van der Waals surface area contributed by atoms with Crippen molar-refractivity contribution in [2.45, 2.75) is 32.8 Å². The van der Waals surface area contributed by atoms with E-state index in [9.17, 15) is 4.79 Å². The zero-order valence-electron chi connectivity index (χ0n) is 13.5. The molecule has 0 aliphatic carbocycles. The van der Waals surface area contributed by atoms with E-state index in [0.29, 0.717) is 17.3 Å². The maximum absolute atomic E-state index is 12.0. The van der Waals surface area contributed by atoms with Gasteiger partial charge < -0.3 is 10.1 Å². The molecular formula is C19H22ClNO2. The Bertz CT molecular complexity index is 640. The van der Waals surface area contributed by atoms with E-state index in [1.165, 1.54) is 11.1 Å². The molecule has 23 heavy (non-hydrogen) atoms. The molecule has 0 saturated heterocycles. The van der Waals surface area contributed by atoms with Gasteiger partial charge >= 0.3 is 0 Å². The molecule has 1 amide bonds. The molecule has 1 unspecified atom stereocenters. The summed E-state index contributed by atoms with van der Waals surface area (Å²) in [6, 6.07) is 15.4. The molecule has 0 heterocycles. The van der Waals surface area contributed by atoms with Crippen LogP contribution in [-0.2, 0) is 11.2 Å². The van der Waals surface area contributed by atoms with Crippen LogP contribution in [0.3, 0.4) is 0 Å². The lowest BCUT2D eigenvalue weighted by Gasteiger charge is -2.14. The molecule has 122 valence electrons. The van der Waals surface area contributed by atoms with E-state index >= 15 is 0 Å². The fraction of sp³-hybridized carbons (Fsp3) is 0.316. The van der Waals surface area contributed by atoms with Gasteiger partial charge in [0.05, 0.1) is 0 Å². The number of carbonyl (C=O) groups is 1. The zero-order chi connectivity index (χ0) is 16.7. The summed E-state index contributed by atoms with van der Waals surface area (Å²) in [6.07, 6.45) is 1.33. The number of amides is 1. The van der Waals surface area contributed by atoms with Gasteiger partial charge in [0.2, 0.25) is 0 Å². The molecule has 0 aromatic heterocycles. The maximum Gasteiger partial charge on any atom is 0.260 e. The topological polar surface area (TPSA) is 38.3 Å². The SMILES string of the molecule is Cc1cccc(CCCNC(=O)C(C)Oc2ccc(Cl)cc2)c1. The molecule has 0 bridgehead atoms. The molecule has 1 atom stereocenters. The summed E-state index contributed by atoms with van der Waals surface area (Å²) in [6.45, 7) is 4.46. The van der Waals surface area contributed by atoms with E-state index in [2.05, 4.69) is 36.5 Å². The minimum atomic E-state index is -0.532. The summed E-state index contributed by atoms with van der Waals surface area (Å²) >= 11 is 5.82. The van der Waals surface area contributed by atoms with Crippen molar-refractivity contribution in [1.29, 1.82) is 0 Å². The largest absolute Gasteiger partial charge is 0.481 e. The van der Waals surface area contributed by atoms with Gasteiger partial charge in [0.25, 0.3) is 5.91 Å². The first-order valence-corrected chi connectivity index (χ1v) is 8.18. The minimum absolute atomic E-state index is 0.107. The van der Waals surface area contributed by atoms with E-state index in [0.717, 1.165) is 12.8 Å². The number of hydrogen-bond acceptors (Lipinski definition) is 2. The third kappa shape index (κ3) is 5.95. The van der Waals surface area contributed by atoms with Gasteiger partial charge in [0.1, 0.15) is 5.75 Å². The monoisotopic (exact) mass is 331 g/mol. The summed E-state index contributed by atoms with van der Waals surface area (Å²) in [5.74, 6) is 0.529. The first-order valence-electron chi connectivity index (χ1n) is 7.80. The summed E-state index contributed by atoms with van der Waals surface area (Å²) in [5.41, 5.74) is 2.56. The van der Waals surface area contributed by atoms with Crippen LogP contribution in [0.15, 0.2) is 48.5 Å². The van der Waals surface area contributed by atoms with Crippen LogP contribution in [-0.4, -0.2) is 18.6 Å². The van der Waals surface area contributed by atoms with Crippen molar-refractivity contribution in [2.75, 3.05) is 6.54 Å². The highest BCUT2D eigenvalue weighted by Gasteiger charge is 2.13. The molecule has 0 aliphatic rings. The van der Waals surface area contributed by atoms with Crippen molar-refractivity contribution < 1.29 is 9.53 Å². The average molecular weight is 332 g/mol. The van der Waals surface area contributed by atoms with Crippen molar-refractivity contribution in [3.8, 4) is 5.75 Å². The third-order valence-electron chi connectivity index (χ3n) is 3.52. The molecule has 4 heteroatoms. The fourth-order valence-corrected chi connectivity index (χ4v) is 2.41. The molecule has 0 radical (unpaired) electrons. The van der Waals surface area contributed by atoms with Crippen molar-refractivity contribution in [2.24, 2.45) is 0 Å². The molecule has 1 N–H and O–H groups in total. The van der Waals surface area contributed by atoms with Gasteiger partial charge in [-0.05, 0) is 56.5 Å². The Morgan fingerprint density at radius 3 is 2.65 bits per heavy atom. The Balaban J connectivity index is 1.70. The first-order chi connectivity index (χ1) is 11.0. The summed E-state index contributed by atoms with van der Waals surface area (Å²) in [7, 11) is 0. The van der Waals surface area contributed by atoms with Crippen LogP contribution in [0.1, 0.15) is 24.5 Å². The Kier molecular flexibility index (Phi) is 6.48. The van der Waals surface area contributed by atoms with E-state index in [4.69, 9.17) is 16.3 Å². The normalized spacial score (nSPS) is 11.8. The first kappa shape index (κ1) is 17.4. The van der Waals surface area contributed by atoms with Crippen LogP contribution in [0.2, 0.25) is 5.02 Å². The van der Waals surface area contributed by atoms with Crippen LogP contribution in [0, 0.1) is 6.92 Å². The Morgan fingerprint density at radius 2 is 1.96 bits per heavy atom. The van der Waals surface area contributed by atoms with Crippen LogP contribution in [0.25, 0.3) is 0 Å². The number of carbonyl (C=O) groups excluding carboxylic acids is 1. The predicted molar refractivity (Wildman–Crippen MR) is 94.1 cm³/mol. The van der Waals surface area contributed by atoms with Crippen LogP contribution in [0.5, 0.6) is 5.75 Å². The lowest BCUT2D eigenvalue weighted by atomic mass is 10.1. The van der Waals surface area contributed by atoms with Gasteiger partial charge in [0.15, 0.2) is 6.10 Å². The molecule has 0 spiro atoms. The minimum Gasteiger partial charge on any atom is -0.481 e. The second-order valence-electron chi connectivity index (χ2n) is 5.60. The van der Waals surface area contributed by atoms with Crippen LogP contribution >= 0.6 is 11.6 Å². The number of rotatable bonds is 7. The Morgan fingerprint density at radius 1 is 1.22 bits per heavy atom. The lowest BCUT2D eigenvalue weighted by molar-refractivity contribution is -0.127. The third-order valence-corrected chi connectivity index (χ3v) is 3.77. The molecule has 0 saturated carbocycles. The smallest absolute Gasteiger partial charge is 0.260 e. The quantitative estimate of drug-likeness (QED) is 0.773. The molecular weight excluding hydrogens is 310 g/mol. The van der Waals surface area contributed by atoms with Crippen molar-refractivity contribution in [3.05, 3.63) is 64.7 Å². The van der Waals surface area contributed by atoms with Crippen molar-refractivity contribution >= 4 is 17.5 Å². The Labute approximate surface area is 142 Å². The van der Waals surface area contributed by atoms with E-state index in [-0.39, 0.29) is 5.91 Å². The van der Waals surface area contributed by atoms with Gasteiger partial charge in [-0.3, -0.25) is 4.79 Å². The number of nitrogens with one attached hydrogen (secondary N) is 1. The van der Waals surface area contributed by atoms with Gasteiger partial charge in [-0.15, -0.1) is 0 Å². The van der Waals surface area contributed by atoms with E-state index in [1.54, 1.807) is 31.2 Å². The van der Waals surface area contributed by atoms with Crippen molar-refractivity contribution in [1.82, 2.24) is 5.32 Å². The van der Waals surface area contributed by atoms with Crippen LogP contribution in [0.4, 0.5) is 0 Å². The standard InChI is InChI=1S/C19H22ClNO2/c1-14-5-3-6-16(13-14)7-4-12-21-19(22)15(2)23-18-10-8-17(20)9-11-18/h3,5-6,8-11,13,15H,4,7,12H2,1-2H3,(H,21,22). The number of ether oxygens (including phenoxy) is 1. The highest BCUT2D eigenvalue weighted by atomic mass is 35.5. The summed E-state index contributed by atoms with van der Waals surface area (Å²) in [4.78, 5) is 12.0. The van der Waals surface area contributed by atoms with Gasteiger partial charge in [-0.2, -0.15) is 0 Å². The van der Waals surface area contributed by atoms with Crippen LogP contribution < -0.4 is 10.1 Å². The summed E-state index contributed by atoms with van der Waals surface area (Å²) in [5, 5.41) is 3.55. The number of halogens is 1. The highest BCUT2D eigenvalue weighted by Crippen LogP contribution is 2.16. The van der Waals surface area contributed by atoms with Gasteiger partial charge in [-0.1, -0.05) is 41.4 Å². The molecule has 3 nitrogen and oxygen atoms in total. The number of aryl methyl sites for hydroxylation is 2. The molecule has 0 aliphatic heterocycles. The highest BCUT2D eigenvalue weighted by molar-refractivity contribution is 6.30. The van der Waals surface area contributed by atoms with Gasteiger partial charge in [-0.25, -0.2) is 0 Å². The van der Waals surface area contributed by atoms with Gasteiger partial charge in [0, 0.05) is 11.6 Å². The number of benzene rings is 2. The summed E-state index contributed by atoms with van der Waals surface area (Å²) < 4.78 is 5.59. The second-order valence-corrected chi connectivity index (χ2v) is 6.03. The average Bonchev–Trinajstić information content (AvgIpc) is 2.53. The molecule has 2 rings (SSSR count).